The summed E-state index contributed by atoms with van der Waals surface area (Å²) >= 11 is 0. The van der Waals surface area contributed by atoms with Gasteiger partial charge in [0.15, 0.2) is 0 Å². The molecule has 8 heteroatoms. The van der Waals surface area contributed by atoms with Gasteiger partial charge in [0.2, 0.25) is 5.69 Å². The topological polar surface area (TPSA) is 121 Å². The molecule has 106 valence electrons. The number of nitrogens with one attached hydrogen (secondary N) is 2. The summed E-state index contributed by atoms with van der Waals surface area (Å²) in [6.07, 6.45) is 3.43. The van der Waals surface area contributed by atoms with E-state index in [-0.39, 0.29) is 23.9 Å². The van der Waals surface area contributed by atoms with Gasteiger partial charge in [-0.3, -0.25) is 20.0 Å². The number of aromatic nitrogens is 2. The quantitative estimate of drug-likeness (QED) is 0.477. The lowest BCUT2D eigenvalue weighted by atomic mass is 10.0. The van der Waals surface area contributed by atoms with Gasteiger partial charge < -0.3 is 10.4 Å². The number of H-pyrrole nitrogens is 1. The molecule has 1 aromatic rings. The van der Waals surface area contributed by atoms with Crippen LogP contribution in [-0.2, 0) is 0 Å². The zero-order valence-corrected chi connectivity index (χ0v) is 10.8. The van der Waals surface area contributed by atoms with Crippen LogP contribution in [0.15, 0.2) is 6.20 Å². The molecule has 0 spiro atoms. The van der Waals surface area contributed by atoms with Crippen LogP contribution in [0.1, 0.15) is 36.7 Å². The number of carbonyl (C=O) groups is 1. The number of aromatic amines is 1. The Kier molecular flexibility index (Phi) is 5.94. The Morgan fingerprint density at radius 2 is 2.37 bits per heavy atom. The fraction of sp³-hybridized carbons (Fsp3) is 0.636. The smallest absolute Gasteiger partial charge is 0.319 e. The Bertz CT molecular complexity index is 426. The number of rotatable bonds is 8. The molecule has 3 N–H and O–H groups in total. The second-order valence-electron chi connectivity index (χ2n) is 4.26. The first kappa shape index (κ1) is 15.1. The number of nitrogens with zero attached hydrogens (tertiary/aromatic N) is 2. The lowest BCUT2D eigenvalue weighted by Gasteiger charge is -2.15. The number of carbonyl (C=O) groups excluding carboxylic acids is 1. The maximum Gasteiger partial charge on any atom is 0.319 e. The molecule has 0 bridgehead atoms. The molecular formula is C11H18N4O4. The van der Waals surface area contributed by atoms with Crippen LogP contribution in [0, 0.1) is 16.0 Å². The third-order valence-corrected chi connectivity index (χ3v) is 2.83. The van der Waals surface area contributed by atoms with Gasteiger partial charge in [0.1, 0.15) is 6.20 Å². The van der Waals surface area contributed by atoms with Crippen molar-refractivity contribution in [3.05, 3.63) is 22.0 Å². The standard InChI is InChI=1S/C11H18N4O4/c1-2-3-8(4-5-16)6-12-11(17)10-9(15(18)19)7-13-14-10/h7-8,16H,2-6H2,1H3,(H,12,17)(H,13,14). The molecule has 0 saturated carbocycles. The summed E-state index contributed by atoms with van der Waals surface area (Å²) in [6, 6.07) is 0. The zero-order valence-electron chi connectivity index (χ0n) is 10.8. The first-order valence-electron chi connectivity index (χ1n) is 6.16. The van der Waals surface area contributed by atoms with Crippen molar-refractivity contribution in [3.8, 4) is 0 Å². The molecule has 1 aromatic heterocycles. The fourth-order valence-electron chi connectivity index (χ4n) is 1.85. The van der Waals surface area contributed by atoms with E-state index in [4.69, 9.17) is 5.11 Å². The Balaban J connectivity index is 2.59. The van der Waals surface area contributed by atoms with E-state index in [0.717, 1.165) is 19.0 Å². The average Bonchev–Trinajstić information content (AvgIpc) is 2.85. The van der Waals surface area contributed by atoms with Crippen LogP contribution in [-0.4, -0.2) is 39.3 Å². The first-order chi connectivity index (χ1) is 9.10. The van der Waals surface area contributed by atoms with Gasteiger partial charge in [-0.1, -0.05) is 13.3 Å². The van der Waals surface area contributed by atoms with E-state index in [9.17, 15) is 14.9 Å². The van der Waals surface area contributed by atoms with Crippen molar-refractivity contribution in [2.45, 2.75) is 26.2 Å². The van der Waals surface area contributed by atoms with Crippen molar-refractivity contribution in [2.75, 3.05) is 13.2 Å². The molecule has 1 heterocycles. The lowest BCUT2D eigenvalue weighted by Crippen LogP contribution is -2.30. The second kappa shape index (κ2) is 7.47. The zero-order chi connectivity index (χ0) is 14.3. The normalized spacial score (nSPS) is 12.1. The minimum Gasteiger partial charge on any atom is -0.396 e. The van der Waals surface area contributed by atoms with Gasteiger partial charge >= 0.3 is 5.69 Å². The fourth-order valence-corrected chi connectivity index (χ4v) is 1.85. The average molecular weight is 270 g/mol. The molecule has 19 heavy (non-hydrogen) atoms. The summed E-state index contributed by atoms with van der Waals surface area (Å²) in [5.41, 5.74) is -0.490. The monoisotopic (exact) mass is 270 g/mol. The third-order valence-electron chi connectivity index (χ3n) is 2.83. The van der Waals surface area contributed by atoms with E-state index in [1.54, 1.807) is 0 Å². The third kappa shape index (κ3) is 4.32. The molecule has 0 aliphatic heterocycles. The SMILES string of the molecule is CCCC(CCO)CNC(=O)c1[nH]ncc1[N+](=O)[O-]. The van der Waals surface area contributed by atoms with Gasteiger partial charge in [0, 0.05) is 13.2 Å². The maximum atomic E-state index is 11.8. The van der Waals surface area contributed by atoms with Crippen LogP contribution < -0.4 is 5.32 Å². The van der Waals surface area contributed by atoms with E-state index in [1.165, 1.54) is 0 Å². The van der Waals surface area contributed by atoms with E-state index in [0.29, 0.717) is 13.0 Å². The van der Waals surface area contributed by atoms with Crippen molar-refractivity contribution < 1.29 is 14.8 Å². The summed E-state index contributed by atoms with van der Waals surface area (Å²) in [5.74, 6) is -0.385. The van der Waals surface area contributed by atoms with Gasteiger partial charge in [-0.15, -0.1) is 0 Å². The predicted octanol–water partition coefficient (Wildman–Crippen LogP) is 0.846. The minimum absolute atomic E-state index is 0.0603. The number of hydrogen-bond donors (Lipinski definition) is 3. The first-order valence-corrected chi connectivity index (χ1v) is 6.16. The molecule has 1 rings (SSSR count). The highest BCUT2D eigenvalue weighted by Gasteiger charge is 2.23. The largest absolute Gasteiger partial charge is 0.396 e. The predicted molar refractivity (Wildman–Crippen MR) is 67.7 cm³/mol. The van der Waals surface area contributed by atoms with Crippen molar-refractivity contribution in [3.63, 3.8) is 0 Å². The summed E-state index contributed by atoms with van der Waals surface area (Å²) < 4.78 is 0. The van der Waals surface area contributed by atoms with Crippen molar-refractivity contribution in [1.82, 2.24) is 15.5 Å². The molecule has 1 amide bonds. The molecule has 0 fully saturated rings. The molecule has 0 aromatic carbocycles. The number of aliphatic hydroxyl groups excluding tert-OH is 1. The van der Waals surface area contributed by atoms with Gasteiger partial charge in [0.25, 0.3) is 5.91 Å². The summed E-state index contributed by atoms with van der Waals surface area (Å²) in [5, 5.41) is 28.0. The Morgan fingerprint density at radius 3 is 2.95 bits per heavy atom. The van der Waals surface area contributed by atoms with E-state index < -0.39 is 10.8 Å². The maximum absolute atomic E-state index is 11.8. The van der Waals surface area contributed by atoms with E-state index in [2.05, 4.69) is 15.5 Å². The molecule has 0 aliphatic carbocycles. The minimum atomic E-state index is -0.657. The number of aliphatic hydroxyl groups is 1. The number of amides is 1. The van der Waals surface area contributed by atoms with Crippen LogP contribution in [0.25, 0.3) is 0 Å². The van der Waals surface area contributed by atoms with Gasteiger partial charge in [0.05, 0.1) is 4.92 Å². The molecule has 0 radical (unpaired) electrons. The molecule has 1 atom stereocenters. The Hall–Kier alpha value is -1.96. The van der Waals surface area contributed by atoms with Crippen LogP contribution in [0.3, 0.4) is 0 Å². The van der Waals surface area contributed by atoms with Crippen LogP contribution in [0.2, 0.25) is 0 Å². The highest BCUT2D eigenvalue weighted by molar-refractivity contribution is 5.95. The highest BCUT2D eigenvalue weighted by atomic mass is 16.6. The van der Waals surface area contributed by atoms with Crippen LogP contribution >= 0.6 is 0 Å². The van der Waals surface area contributed by atoms with E-state index in [1.807, 2.05) is 6.92 Å². The van der Waals surface area contributed by atoms with Crippen molar-refractivity contribution >= 4 is 11.6 Å². The lowest BCUT2D eigenvalue weighted by molar-refractivity contribution is -0.385. The summed E-state index contributed by atoms with van der Waals surface area (Å²) in [7, 11) is 0. The van der Waals surface area contributed by atoms with Gasteiger partial charge in [-0.2, -0.15) is 5.10 Å². The Morgan fingerprint density at radius 1 is 1.63 bits per heavy atom. The molecular weight excluding hydrogens is 252 g/mol. The van der Waals surface area contributed by atoms with Crippen LogP contribution in [0.4, 0.5) is 5.69 Å². The molecule has 1 unspecified atom stereocenters. The van der Waals surface area contributed by atoms with Crippen LogP contribution in [0.5, 0.6) is 0 Å². The number of hydrogen-bond acceptors (Lipinski definition) is 5. The number of nitro groups is 1. The molecule has 8 nitrogen and oxygen atoms in total. The highest BCUT2D eigenvalue weighted by Crippen LogP contribution is 2.15. The molecule has 0 aliphatic rings. The van der Waals surface area contributed by atoms with Crippen molar-refractivity contribution in [1.29, 1.82) is 0 Å². The van der Waals surface area contributed by atoms with Crippen molar-refractivity contribution in [2.24, 2.45) is 5.92 Å². The summed E-state index contributed by atoms with van der Waals surface area (Å²) in [6.45, 7) is 2.46. The van der Waals surface area contributed by atoms with Gasteiger partial charge in [-0.05, 0) is 18.8 Å². The van der Waals surface area contributed by atoms with E-state index >= 15 is 0 Å². The van der Waals surface area contributed by atoms with Gasteiger partial charge in [-0.25, -0.2) is 0 Å². The molecule has 0 saturated heterocycles. The summed E-state index contributed by atoms with van der Waals surface area (Å²) in [4.78, 5) is 21.8. The second-order valence-corrected chi connectivity index (χ2v) is 4.26. The Labute approximate surface area is 110 Å².